The lowest BCUT2D eigenvalue weighted by molar-refractivity contribution is 0.0753. The molecule has 1 aromatic heterocycles. The Bertz CT molecular complexity index is 761. The summed E-state index contributed by atoms with van der Waals surface area (Å²) in [5.41, 5.74) is 1.98. The zero-order chi connectivity index (χ0) is 16.7. The van der Waals surface area contributed by atoms with Gasteiger partial charge in [-0.05, 0) is 55.5 Å². The Hall–Kier alpha value is -1.43. The van der Waals surface area contributed by atoms with Gasteiger partial charge in [-0.25, -0.2) is 4.39 Å². The van der Waals surface area contributed by atoms with Crippen LogP contribution >= 0.6 is 23.7 Å². The molecule has 0 spiro atoms. The number of hydrogen-bond donors (Lipinski definition) is 1. The highest BCUT2D eigenvalue weighted by Crippen LogP contribution is 2.32. The number of fused-ring (bicyclic) bond motifs is 2. The van der Waals surface area contributed by atoms with Crippen LogP contribution in [-0.2, 0) is 0 Å². The van der Waals surface area contributed by atoms with Gasteiger partial charge in [-0.3, -0.25) is 4.79 Å². The molecule has 2 atom stereocenters. The van der Waals surface area contributed by atoms with E-state index in [1.54, 1.807) is 12.1 Å². The summed E-state index contributed by atoms with van der Waals surface area (Å²) in [5, 5.41) is 3.61. The van der Waals surface area contributed by atoms with Crippen molar-refractivity contribution in [2.24, 2.45) is 0 Å². The number of hydrogen-bond acceptors (Lipinski definition) is 3. The quantitative estimate of drug-likeness (QED) is 0.844. The van der Waals surface area contributed by atoms with E-state index < -0.39 is 0 Å². The van der Waals surface area contributed by atoms with E-state index in [1.807, 2.05) is 17.9 Å². The second-order valence-electron chi connectivity index (χ2n) is 6.77. The molecule has 2 fully saturated rings. The van der Waals surface area contributed by atoms with Crippen molar-refractivity contribution in [1.29, 1.82) is 0 Å². The number of nitrogens with zero attached hydrogens (tertiary/aromatic N) is 1. The number of carbonyl (C=O) groups excluding carboxylic acids is 1. The van der Waals surface area contributed by atoms with Gasteiger partial charge in [0.2, 0.25) is 0 Å². The Labute approximate surface area is 157 Å². The average Bonchev–Trinajstić information content (AvgIpc) is 3.10. The molecule has 2 aliphatic rings. The van der Waals surface area contributed by atoms with Crippen molar-refractivity contribution in [3.8, 4) is 11.1 Å². The van der Waals surface area contributed by atoms with Gasteiger partial charge < -0.3 is 10.2 Å². The predicted molar refractivity (Wildman–Crippen MR) is 102 cm³/mol. The van der Waals surface area contributed by atoms with Crippen LogP contribution in [0.25, 0.3) is 11.1 Å². The highest BCUT2D eigenvalue weighted by Gasteiger charge is 2.32. The first kappa shape index (κ1) is 18.4. The van der Waals surface area contributed by atoms with Crippen LogP contribution in [0.5, 0.6) is 0 Å². The Morgan fingerprint density at radius 1 is 1.20 bits per heavy atom. The molecule has 2 unspecified atom stereocenters. The van der Waals surface area contributed by atoms with E-state index in [4.69, 9.17) is 0 Å². The first-order valence-corrected chi connectivity index (χ1v) is 9.33. The van der Waals surface area contributed by atoms with Gasteiger partial charge in [0.05, 0.1) is 4.88 Å². The number of halogens is 2. The van der Waals surface area contributed by atoms with Crippen molar-refractivity contribution in [3.63, 3.8) is 0 Å². The third-order valence-corrected chi connectivity index (χ3v) is 6.13. The summed E-state index contributed by atoms with van der Waals surface area (Å²) < 4.78 is 13.1. The zero-order valence-corrected chi connectivity index (χ0v) is 15.8. The minimum absolute atomic E-state index is 0. The maximum atomic E-state index is 13.1. The lowest BCUT2D eigenvalue weighted by Gasteiger charge is -2.23. The second kappa shape index (κ2) is 7.44. The Balaban J connectivity index is 0.00000182. The van der Waals surface area contributed by atoms with Gasteiger partial charge in [0.15, 0.2) is 0 Å². The van der Waals surface area contributed by atoms with E-state index in [9.17, 15) is 9.18 Å². The van der Waals surface area contributed by atoms with Gasteiger partial charge >= 0.3 is 0 Å². The summed E-state index contributed by atoms with van der Waals surface area (Å²) in [6.45, 7) is 3.65. The number of likely N-dealkylation sites (tertiary alicyclic amines) is 1. The fraction of sp³-hybridized carbons (Fsp3) is 0.421. The van der Waals surface area contributed by atoms with Gasteiger partial charge in [-0.15, -0.1) is 23.7 Å². The molecule has 25 heavy (non-hydrogen) atoms. The van der Waals surface area contributed by atoms with Gasteiger partial charge in [-0.1, -0.05) is 12.1 Å². The lowest BCUT2D eigenvalue weighted by Crippen LogP contribution is -2.38. The summed E-state index contributed by atoms with van der Waals surface area (Å²) in [4.78, 5) is 16.8. The molecule has 2 saturated heterocycles. The topological polar surface area (TPSA) is 32.3 Å². The number of thiophene rings is 1. The van der Waals surface area contributed by atoms with E-state index in [0.29, 0.717) is 12.1 Å². The molecule has 2 aliphatic heterocycles. The van der Waals surface area contributed by atoms with E-state index in [0.717, 1.165) is 40.4 Å². The molecule has 6 heteroatoms. The summed E-state index contributed by atoms with van der Waals surface area (Å²) in [6.07, 6.45) is 3.44. The van der Waals surface area contributed by atoms with Crippen LogP contribution in [0, 0.1) is 12.7 Å². The Morgan fingerprint density at radius 3 is 2.68 bits per heavy atom. The number of carbonyl (C=O) groups is 1. The van der Waals surface area contributed by atoms with Gasteiger partial charge in [-0.2, -0.15) is 0 Å². The molecule has 3 nitrogen and oxygen atoms in total. The summed E-state index contributed by atoms with van der Waals surface area (Å²) >= 11 is 1.54. The second-order valence-corrected chi connectivity index (χ2v) is 8.02. The van der Waals surface area contributed by atoms with Crippen LogP contribution in [-0.4, -0.2) is 36.0 Å². The number of amides is 1. The van der Waals surface area contributed by atoms with Crippen molar-refractivity contribution in [3.05, 3.63) is 45.9 Å². The number of aryl methyl sites for hydroxylation is 1. The van der Waals surface area contributed by atoms with Crippen LogP contribution in [0.2, 0.25) is 0 Å². The fourth-order valence-electron chi connectivity index (χ4n) is 3.79. The first-order chi connectivity index (χ1) is 11.6. The van der Waals surface area contributed by atoms with Crippen molar-refractivity contribution in [1.82, 2.24) is 10.2 Å². The van der Waals surface area contributed by atoms with Crippen LogP contribution in [0.3, 0.4) is 0 Å². The SMILES string of the molecule is Cc1sc(C(=O)N2CCC3CCC(C2)N3)cc1-c1ccc(F)cc1.Cl. The van der Waals surface area contributed by atoms with Crippen LogP contribution in [0.15, 0.2) is 30.3 Å². The molecule has 2 aromatic rings. The highest BCUT2D eigenvalue weighted by atomic mass is 35.5. The molecule has 2 bridgehead atoms. The minimum atomic E-state index is -0.241. The molecule has 1 amide bonds. The third kappa shape index (κ3) is 3.73. The number of nitrogens with one attached hydrogen (secondary N) is 1. The van der Waals surface area contributed by atoms with Crippen LogP contribution in [0.1, 0.15) is 33.8 Å². The molecule has 1 aromatic carbocycles. The summed E-state index contributed by atoms with van der Waals surface area (Å²) in [7, 11) is 0. The highest BCUT2D eigenvalue weighted by molar-refractivity contribution is 7.14. The normalized spacial score (nSPS) is 22.4. The van der Waals surface area contributed by atoms with Crippen molar-refractivity contribution >= 4 is 29.7 Å². The summed E-state index contributed by atoms with van der Waals surface area (Å²) in [5.74, 6) is -0.110. The zero-order valence-electron chi connectivity index (χ0n) is 14.1. The Morgan fingerprint density at radius 2 is 1.92 bits per heavy atom. The molecule has 0 saturated carbocycles. The smallest absolute Gasteiger partial charge is 0.264 e. The number of benzene rings is 1. The molecule has 4 rings (SSSR count). The molecular weight excluding hydrogens is 359 g/mol. The maximum Gasteiger partial charge on any atom is 0.264 e. The van der Waals surface area contributed by atoms with Gasteiger partial charge in [0, 0.05) is 30.1 Å². The van der Waals surface area contributed by atoms with Crippen LogP contribution < -0.4 is 5.32 Å². The van der Waals surface area contributed by atoms with E-state index >= 15 is 0 Å². The largest absolute Gasteiger partial charge is 0.336 e. The number of rotatable bonds is 2. The van der Waals surface area contributed by atoms with Crippen molar-refractivity contribution in [2.75, 3.05) is 13.1 Å². The fourth-order valence-corrected chi connectivity index (χ4v) is 4.80. The van der Waals surface area contributed by atoms with E-state index in [2.05, 4.69) is 5.32 Å². The average molecular weight is 381 g/mol. The minimum Gasteiger partial charge on any atom is -0.336 e. The first-order valence-electron chi connectivity index (χ1n) is 8.52. The molecule has 1 N–H and O–H groups in total. The van der Waals surface area contributed by atoms with Gasteiger partial charge in [0.1, 0.15) is 5.82 Å². The van der Waals surface area contributed by atoms with Gasteiger partial charge in [0.25, 0.3) is 5.91 Å². The maximum absolute atomic E-state index is 13.1. The van der Waals surface area contributed by atoms with E-state index in [1.165, 1.54) is 36.3 Å². The Kier molecular flexibility index (Phi) is 5.46. The standard InChI is InChI=1S/C19H21FN2OS.ClH/c1-12-17(13-2-4-14(20)5-3-13)10-18(24-12)19(23)22-9-8-15-6-7-16(11-22)21-15;/h2-5,10,15-16,21H,6-9,11H2,1H3;1H. The monoisotopic (exact) mass is 380 g/mol. The molecular formula is C19H22ClFN2OS. The summed E-state index contributed by atoms with van der Waals surface area (Å²) in [6, 6.07) is 9.45. The molecule has 3 heterocycles. The van der Waals surface area contributed by atoms with Crippen LogP contribution in [0.4, 0.5) is 4.39 Å². The van der Waals surface area contributed by atoms with Crippen molar-refractivity contribution in [2.45, 2.75) is 38.3 Å². The molecule has 134 valence electrons. The van der Waals surface area contributed by atoms with E-state index in [-0.39, 0.29) is 24.1 Å². The third-order valence-electron chi connectivity index (χ3n) is 5.09. The predicted octanol–water partition coefficient (Wildman–Crippen LogP) is 4.25. The lowest BCUT2D eigenvalue weighted by atomic mass is 10.1. The van der Waals surface area contributed by atoms with Crippen molar-refractivity contribution < 1.29 is 9.18 Å². The molecule has 0 aliphatic carbocycles. The molecule has 0 radical (unpaired) electrons.